The minimum Gasteiger partial charge on any atom is -0.361 e. The van der Waals surface area contributed by atoms with Crippen LogP contribution in [0.2, 0.25) is 0 Å². The van der Waals surface area contributed by atoms with Gasteiger partial charge in [0.1, 0.15) is 36.3 Å². The van der Waals surface area contributed by atoms with Crippen molar-refractivity contribution in [1.29, 1.82) is 0 Å². The van der Waals surface area contributed by atoms with Gasteiger partial charge in [-0.3, -0.25) is 28.8 Å². The SMILES string of the molecule is O=C1N[C@@H](Cc2c[nH]c3ccccc23)C(=O)N2Cc3ccccc3C[C@H]2C(=O)N[C@@H](Cc2ccccc2)C(=O)N[C@@H](Cc2c[nH]c3ccccc23)C(=O)N2Cc3ccccc3C[C@H]2C(=O)N[C@H]1Cc1ccccc1. The van der Waals surface area contributed by atoms with Gasteiger partial charge in [-0.05, 0) is 56.6 Å². The summed E-state index contributed by atoms with van der Waals surface area (Å²) in [6.45, 7) is 0.0977. The molecular formula is C60H56N8O6. The molecule has 0 radical (unpaired) electrons. The summed E-state index contributed by atoms with van der Waals surface area (Å²) in [5.74, 6) is -3.37. The molecular weight excluding hydrogens is 929 g/mol. The van der Waals surface area contributed by atoms with Crippen LogP contribution in [0.15, 0.2) is 170 Å². The van der Waals surface area contributed by atoms with E-state index in [1.807, 2.05) is 170 Å². The molecule has 1 fully saturated rings. The summed E-state index contributed by atoms with van der Waals surface area (Å²) < 4.78 is 0. The Labute approximate surface area is 427 Å². The number of amides is 6. The fraction of sp³-hybridized carbons (Fsp3) is 0.233. The summed E-state index contributed by atoms with van der Waals surface area (Å²) in [4.78, 5) is 102. The molecule has 3 aliphatic heterocycles. The van der Waals surface area contributed by atoms with E-state index in [0.29, 0.717) is 0 Å². The number of rotatable bonds is 8. The van der Waals surface area contributed by atoms with Crippen LogP contribution >= 0.6 is 0 Å². The van der Waals surface area contributed by atoms with Crippen molar-refractivity contribution in [1.82, 2.24) is 41.0 Å². The van der Waals surface area contributed by atoms with E-state index < -0.39 is 71.7 Å². The van der Waals surface area contributed by atoms with Gasteiger partial charge in [0, 0.05) is 85.8 Å². The molecule has 0 aliphatic carbocycles. The molecule has 14 heteroatoms. The molecule has 372 valence electrons. The van der Waals surface area contributed by atoms with Gasteiger partial charge in [-0.2, -0.15) is 0 Å². The number of nitrogens with one attached hydrogen (secondary N) is 6. The Morgan fingerprint density at radius 2 is 0.716 bits per heavy atom. The predicted octanol–water partition coefficient (Wildman–Crippen LogP) is 5.78. The van der Waals surface area contributed by atoms with Crippen LogP contribution in [0, 0.1) is 0 Å². The lowest BCUT2D eigenvalue weighted by atomic mass is 9.91. The molecule has 3 aliphatic rings. The lowest BCUT2D eigenvalue weighted by molar-refractivity contribution is -0.147. The second kappa shape index (κ2) is 20.7. The second-order valence-corrected chi connectivity index (χ2v) is 19.7. The number of para-hydroxylation sites is 2. The first-order valence-electron chi connectivity index (χ1n) is 25.3. The normalized spacial score (nSPS) is 21.8. The van der Waals surface area contributed by atoms with Crippen molar-refractivity contribution in [2.24, 2.45) is 0 Å². The molecule has 6 atom stereocenters. The van der Waals surface area contributed by atoms with E-state index in [1.165, 1.54) is 9.80 Å². The number of aromatic amines is 2. The minimum absolute atomic E-state index is 0.0472. The molecule has 11 rings (SSSR count). The summed E-state index contributed by atoms with van der Waals surface area (Å²) in [5.41, 5.74) is 8.16. The number of carbonyl (C=O) groups is 6. The number of H-pyrrole nitrogens is 2. The van der Waals surface area contributed by atoms with E-state index >= 15 is 28.8 Å². The molecule has 74 heavy (non-hydrogen) atoms. The van der Waals surface area contributed by atoms with E-state index in [2.05, 4.69) is 31.2 Å². The van der Waals surface area contributed by atoms with Crippen LogP contribution in [0.25, 0.3) is 21.8 Å². The first-order chi connectivity index (χ1) is 36.1. The zero-order valence-electron chi connectivity index (χ0n) is 40.6. The second-order valence-electron chi connectivity index (χ2n) is 19.7. The summed E-state index contributed by atoms with van der Waals surface area (Å²) >= 11 is 0. The quantitative estimate of drug-likeness (QED) is 0.112. The van der Waals surface area contributed by atoms with Gasteiger partial charge < -0.3 is 41.0 Å². The maximum absolute atomic E-state index is 15.6. The molecule has 6 amide bonds. The summed E-state index contributed by atoms with van der Waals surface area (Å²) in [6, 6.07) is 42.1. The van der Waals surface area contributed by atoms with Crippen molar-refractivity contribution < 1.29 is 28.8 Å². The first kappa shape index (κ1) is 47.5. The maximum Gasteiger partial charge on any atom is 0.246 e. The molecule has 0 unspecified atom stereocenters. The van der Waals surface area contributed by atoms with Crippen LogP contribution in [-0.2, 0) is 80.4 Å². The van der Waals surface area contributed by atoms with Crippen LogP contribution in [0.3, 0.4) is 0 Å². The largest absolute Gasteiger partial charge is 0.361 e. The van der Waals surface area contributed by atoms with Crippen molar-refractivity contribution in [2.75, 3.05) is 0 Å². The van der Waals surface area contributed by atoms with Gasteiger partial charge in [-0.15, -0.1) is 0 Å². The summed E-state index contributed by atoms with van der Waals surface area (Å²) in [6.07, 6.45) is 4.12. The van der Waals surface area contributed by atoms with Crippen molar-refractivity contribution in [3.63, 3.8) is 0 Å². The van der Waals surface area contributed by atoms with Crippen LogP contribution in [0.4, 0.5) is 0 Å². The van der Waals surface area contributed by atoms with Crippen molar-refractivity contribution >= 4 is 57.2 Å². The van der Waals surface area contributed by atoms with E-state index in [1.54, 1.807) is 0 Å². The number of fused-ring (bicyclic) bond motifs is 6. The molecule has 8 aromatic rings. The molecule has 14 nitrogen and oxygen atoms in total. The Balaban J connectivity index is 1.04. The number of aromatic nitrogens is 2. The highest BCUT2D eigenvalue weighted by molar-refractivity contribution is 6.00. The van der Waals surface area contributed by atoms with Crippen LogP contribution in [0.1, 0.15) is 44.5 Å². The van der Waals surface area contributed by atoms with Crippen molar-refractivity contribution in [3.8, 4) is 0 Å². The number of carbonyl (C=O) groups excluding carboxylic acids is 6. The van der Waals surface area contributed by atoms with Crippen LogP contribution < -0.4 is 21.3 Å². The smallest absolute Gasteiger partial charge is 0.246 e. The van der Waals surface area contributed by atoms with Gasteiger partial charge in [0.2, 0.25) is 35.4 Å². The highest BCUT2D eigenvalue weighted by atomic mass is 16.2. The Hall–Kier alpha value is -8.78. The Bertz CT molecular complexity index is 3180. The third kappa shape index (κ3) is 9.90. The average Bonchev–Trinajstić information content (AvgIpc) is 4.05. The predicted molar refractivity (Wildman–Crippen MR) is 281 cm³/mol. The highest BCUT2D eigenvalue weighted by Gasteiger charge is 2.43. The number of benzene rings is 6. The molecule has 1 saturated heterocycles. The lowest BCUT2D eigenvalue weighted by Crippen LogP contribution is -2.64. The molecule has 5 heterocycles. The molecule has 2 aromatic heterocycles. The third-order valence-corrected chi connectivity index (χ3v) is 14.9. The van der Waals surface area contributed by atoms with Gasteiger partial charge in [-0.25, -0.2) is 0 Å². The zero-order valence-corrected chi connectivity index (χ0v) is 40.6. The molecule has 0 saturated carbocycles. The fourth-order valence-corrected chi connectivity index (χ4v) is 11.0. The molecule has 0 bridgehead atoms. The monoisotopic (exact) mass is 984 g/mol. The van der Waals surface area contributed by atoms with Crippen LogP contribution in [0.5, 0.6) is 0 Å². The van der Waals surface area contributed by atoms with Gasteiger partial charge in [0.15, 0.2) is 0 Å². The van der Waals surface area contributed by atoms with E-state index in [9.17, 15) is 0 Å². The van der Waals surface area contributed by atoms with Crippen LogP contribution in [-0.4, -0.2) is 91.5 Å². The van der Waals surface area contributed by atoms with Crippen molar-refractivity contribution in [2.45, 2.75) is 87.9 Å². The number of nitrogens with zero attached hydrogens (tertiary/aromatic N) is 2. The molecule has 6 N–H and O–H groups in total. The lowest BCUT2D eigenvalue weighted by Gasteiger charge is -2.40. The third-order valence-electron chi connectivity index (χ3n) is 14.9. The van der Waals surface area contributed by atoms with Crippen molar-refractivity contribution in [3.05, 3.63) is 215 Å². The molecule has 0 spiro atoms. The average molecular weight is 985 g/mol. The van der Waals surface area contributed by atoms with E-state index in [-0.39, 0.29) is 51.6 Å². The maximum atomic E-state index is 15.6. The zero-order chi connectivity index (χ0) is 50.7. The minimum atomic E-state index is -1.22. The van der Waals surface area contributed by atoms with E-state index in [0.717, 1.165) is 66.3 Å². The topological polar surface area (TPSA) is 189 Å². The standard InChI is InChI=1S/C60H56N8O6/c69-55-49(27-37-15-3-1-4-16-37)63-57(71)53-31-39-19-7-9-21-41(39)35-67(53)60(74)52(30-44-34-62-48-26-14-12-24-46(44)48)66-56(70)50(28-38-17-5-2-6-18-38)64-58(72)54-32-40-20-8-10-22-42(40)36-68(54)59(73)51(65-55)29-43-33-61-47-25-13-11-23-45(43)47/h1-26,33-34,49-54,61-62H,27-32,35-36H2,(H,63,71)(H,64,72)(H,65,69)(H,66,70)/t49-,50-,51-,52-,53-,54-/m0/s1. The number of hydrogen-bond donors (Lipinski definition) is 6. The van der Waals surface area contributed by atoms with E-state index in [4.69, 9.17) is 0 Å². The highest BCUT2D eigenvalue weighted by Crippen LogP contribution is 2.29. The van der Waals surface area contributed by atoms with Gasteiger partial charge in [-0.1, -0.05) is 146 Å². The Morgan fingerprint density at radius 1 is 0.365 bits per heavy atom. The summed E-state index contributed by atoms with van der Waals surface area (Å²) in [5, 5.41) is 14.0. The summed E-state index contributed by atoms with van der Waals surface area (Å²) in [7, 11) is 0. The first-order valence-corrected chi connectivity index (χ1v) is 25.3. The van der Waals surface area contributed by atoms with Gasteiger partial charge in [0.25, 0.3) is 0 Å². The number of hydrogen-bond acceptors (Lipinski definition) is 6. The Morgan fingerprint density at radius 3 is 1.14 bits per heavy atom. The van der Waals surface area contributed by atoms with Gasteiger partial charge >= 0.3 is 0 Å². The van der Waals surface area contributed by atoms with Gasteiger partial charge in [0.05, 0.1) is 0 Å². The molecule has 6 aromatic carbocycles. The fourth-order valence-electron chi connectivity index (χ4n) is 11.0. The Kier molecular flexibility index (Phi) is 13.3.